The molecule has 2 nitrogen and oxygen atoms in total. The average molecular weight is 355 g/mol. The highest BCUT2D eigenvalue weighted by Crippen LogP contribution is 2.50. The maximum absolute atomic E-state index is 4.83. The summed E-state index contributed by atoms with van der Waals surface area (Å²) in [4.78, 5) is 6.23. The highest BCUT2D eigenvalue weighted by molar-refractivity contribution is 8.01. The summed E-state index contributed by atoms with van der Waals surface area (Å²) in [6, 6.07) is 17.0. The quantitative estimate of drug-likeness (QED) is 0.605. The second-order valence-electron chi connectivity index (χ2n) is 7.55. The largest absolute Gasteiger partial charge is 0.370 e. The number of thiazole rings is 1. The Kier molecular flexibility index (Phi) is 3.85. The summed E-state index contributed by atoms with van der Waals surface area (Å²) in [7, 11) is 0. The molecule has 4 rings (SSSR count). The molecule has 0 fully saturated rings. The molecule has 0 spiro atoms. The topological polar surface area (TPSA) is 24.9 Å². The number of thioether (sulfide) groups is 1. The van der Waals surface area contributed by atoms with E-state index in [1.165, 1.54) is 20.3 Å². The van der Waals surface area contributed by atoms with Crippen LogP contribution in [-0.4, -0.2) is 9.85 Å². The third-order valence-electron chi connectivity index (χ3n) is 4.41. The SMILES string of the molecule is CC(C)(Cc1nc2ccccc2s1)CC1(C)Nc2ccccc2S1. The second-order valence-corrected chi connectivity index (χ2v) is 10.2. The number of benzene rings is 2. The molecular formula is C20H22N2S2. The molecule has 24 heavy (non-hydrogen) atoms. The molecule has 0 aliphatic carbocycles. The fourth-order valence-corrected chi connectivity index (χ4v) is 6.38. The number of hydrogen-bond acceptors (Lipinski definition) is 4. The molecule has 1 unspecified atom stereocenters. The lowest BCUT2D eigenvalue weighted by Gasteiger charge is -2.34. The zero-order valence-electron chi connectivity index (χ0n) is 14.3. The van der Waals surface area contributed by atoms with Crippen LogP contribution in [0.4, 0.5) is 5.69 Å². The van der Waals surface area contributed by atoms with Gasteiger partial charge in [0.1, 0.15) is 0 Å². The van der Waals surface area contributed by atoms with Crippen LogP contribution in [-0.2, 0) is 6.42 Å². The van der Waals surface area contributed by atoms with E-state index in [9.17, 15) is 0 Å². The standard InChI is InChI=1S/C20H22N2S2/c1-19(2,12-18-21-14-8-4-6-10-16(14)23-18)13-20(3)22-15-9-5-7-11-17(15)24-20/h4-11,22H,12-13H2,1-3H3. The molecule has 124 valence electrons. The molecule has 1 aliphatic rings. The Morgan fingerprint density at radius 1 is 1.08 bits per heavy atom. The van der Waals surface area contributed by atoms with Crippen molar-refractivity contribution in [3.05, 3.63) is 53.5 Å². The van der Waals surface area contributed by atoms with E-state index in [-0.39, 0.29) is 10.3 Å². The highest BCUT2D eigenvalue weighted by atomic mass is 32.2. The Hall–Kier alpha value is -1.52. The van der Waals surface area contributed by atoms with Crippen molar-refractivity contribution in [1.82, 2.24) is 4.98 Å². The number of nitrogens with one attached hydrogen (secondary N) is 1. The number of hydrogen-bond donors (Lipinski definition) is 1. The second kappa shape index (κ2) is 5.78. The molecule has 1 N–H and O–H groups in total. The number of aromatic nitrogens is 1. The molecule has 2 heterocycles. The number of nitrogens with zero attached hydrogens (tertiary/aromatic N) is 1. The smallest absolute Gasteiger partial charge is 0.0943 e. The molecule has 4 heteroatoms. The van der Waals surface area contributed by atoms with Gasteiger partial charge in [-0.2, -0.15) is 0 Å². The first-order valence-corrected chi connectivity index (χ1v) is 9.97. The van der Waals surface area contributed by atoms with Gasteiger partial charge < -0.3 is 5.32 Å². The number of para-hydroxylation sites is 2. The molecule has 0 saturated carbocycles. The van der Waals surface area contributed by atoms with Crippen LogP contribution in [0.25, 0.3) is 10.2 Å². The Balaban J connectivity index is 1.51. The zero-order valence-corrected chi connectivity index (χ0v) is 15.9. The van der Waals surface area contributed by atoms with Gasteiger partial charge in [-0.3, -0.25) is 0 Å². The van der Waals surface area contributed by atoms with Crippen LogP contribution >= 0.6 is 23.1 Å². The van der Waals surface area contributed by atoms with E-state index in [1.54, 1.807) is 0 Å². The third kappa shape index (κ3) is 3.17. The predicted molar refractivity (Wildman–Crippen MR) is 106 cm³/mol. The van der Waals surface area contributed by atoms with Crippen LogP contribution in [0.1, 0.15) is 32.2 Å². The van der Waals surface area contributed by atoms with Crippen LogP contribution in [0.5, 0.6) is 0 Å². The minimum absolute atomic E-state index is 0.0455. The van der Waals surface area contributed by atoms with E-state index in [1.807, 2.05) is 23.1 Å². The van der Waals surface area contributed by atoms with Crippen molar-refractivity contribution in [2.45, 2.75) is 43.4 Å². The van der Waals surface area contributed by atoms with Crippen molar-refractivity contribution in [1.29, 1.82) is 0 Å². The van der Waals surface area contributed by atoms with Gasteiger partial charge in [-0.25, -0.2) is 4.98 Å². The lowest BCUT2D eigenvalue weighted by atomic mass is 9.83. The summed E-state index contributed by atoms with van der Waals surface area (Å²) in [5, 5.41) is 4.97. The average Bonchev–Trinajstić information content (AvgIpc) is 3.03. The Morgan fingerprint density at radius 3 is 2.62 bits per heavy atom. The van der Waals surface area contributed by atoms with Gasteiger partial charge >= 0.3 is 0 Å². The van der Waals surface area contributed by atoms with Crippen LogP contribution in [0, 0.1) is 5.41 Å². The third-order valence-corrected chi connectivity index (χ3v) is 6.71. The minimum atomic E-state index is 0.0455. The number of anilines is 1. The van der Waals surface area contributed by atoms with Gasteiger partial charge in [-0.05, 0) is 43.0 Å². The molecule has 0 radical (unpaired) electrons. The van der Waals surface area contributed by atoms with E-state index < -0.39 is 0 Å². The van der Waals surface area contributed by atoms with Crippen molar-refractivity contribution >= 4 is 39.0 Å². The van der Waals surface area contributed by atoms with E-state index in [0.29, 0.717) is 0 Å². The first kappa shape index (κ1) is 16.0. The molecule has 3 aromatic rings. The van der Waals surface area contributed by atoms with Gasteiger partial charge in [-0.15, -0.1) is 11.3 Å². The summed E-state index contributed by atoms with van der Waals surface area (Å²) in [5.41, 5.74) is 2.58. The first-order valence-electron chi connectivity index (χ1n) is 8.33. The molecule has 0 bridgehead atoms. The van der Waals surface area contributed by atoms with Crippen molar-refractivity contribution in [2.75, 3.05) is 5.32 Å². The summed E-state index contributed by atoms with van der Waals surface area (Å²) in [6.07, 6.45) is 2.11. The van der Waals surface area contributed by atoms with Gasteiger partial charge in [0.15, 0.2) is 0 Å². The van der Waals surface area contributed by atoms with Crippen LogP contribution < -0.4 is 5.32 Å². The van der Waals surface area contributed by atoms with E-state index in [4.69, 9.17) is 4.98 Å². The van der Waals surface area contributed by atoms with E-state index >= 15 is 0 Å². The molecule has 1 aliphatic heterocycles. The van der Waals surface area contributed by atoms with Gasteiger partial charge in [0.25, 0.3) is 0 Å². The molecule has 2 aromatic carbocycles. The van der Waals surface area contributed by atoms with Gasteiger partial charge in [-0.1, -0.05) is 49.9 Å². The van der Waals surface area contributed by atoms with Crippen molar-refractivity contribution in [2.24, 2.45) is 5.41 Å². The summed E-state index contributed by atoms with van der Waals surface area (Å²) in [5.74, 6) is 0. The molecule has 0 amide bonds. The highest BCUT2D eigenvalue weighted by Gasteiger charge is 2.38. The Bertz CT molecular complexity index is 824. The first-order chi connectivity index (χ1) is 11.4. The molecule has 1 aromatic heterocycles. The monoisotopic (exact) mass is 354 g/mol. The van der Waals surface area contributed by atoms with Crippen molar-refractivity contribution < 1.29 is 0 Å². The van der Waals surface area contributed by atoms with E-state index in [0.717, 1.165) is 18.4 Å². The van der Waals surface area contributed by atoms with Gasteiger partial charge in [0, 0.05) is 17.0 Å². The van der Waals surface area contributed by atoms with Gasteiger partial charge in [0.2, 0.25) is 0 Å². The predicted octanol–water partition coefficient (Wildman–Crippen LogP) is 6.19. The van der Waals surface area contributed by atoms with Crippen LogP contribution in [0.2, 0.25) is 0 Å². The molecule has 1 atom stereocenters. The lowest BCUT2D eigenvalue weighted by Crippen LogP contribution is -2.34. The molecular weight excluding hydrogens is 332 g/mol. The molecule has 0 saturated heterocycles. The van der Waals surface area contributed by atoms with E-state index in [2.05, 4.69) is 74.6 Å². The fourth-order valence-electron chi connectivity index (χ4n) is 3.67. The minimum Gasteiger partial charge on any atom is -0.370 e. The van der Waals surface area contributed by atoms with Crippen LogP contribution in [0.15, 0.2) is 53.4 Å². The summed E-state index contributed by atoms with van der Waals surface area (Å²) in [6.45, 7) is 7.03. The Morgan fingerprint density at radius 2 is 1.83 bits per heavy atom. The Labute approximate surface area is 151 Å². The zero-order chi connectivity index (χ0) is 16.8. The summed E-state index contributed by atoms with van der Waals surface area (Å²) < 4.78 is 1.29. The fraction of sp³-hybridized carbons (Fsp3) is 0.350. The van der Waals surface area contributed by atoms with Gasteiger partial charge in [0.05, 0.1) is 20.1 Å². The van der Waals surface area contributed by atoms with Crippen LogP contribution in [0.3, 0.4) is 0 Å². The summed E-state index contributed by atoms with van der Waals surface area (Å²) >= 11 is 3.78. The van der Waals surface area contributed by atoms with Crippen molar-refractivity contribution in [3.8, 4) is 0 Å². The maximum Gasteiger partial charge on any atom is 0.0943 e. The number of fused-ring (bicyclic) bond motifs is 2. The maximum atomic E-state index is 4.83. The number of rotatable bonds is 4. The lowest BCUT2D eigenvalue weighted by molar-refractivity contribution is 0.305. The van der Waals surface area contributed by atoms with Crippen molar-refractivity contribution in [3.63, 3.8) is 0 Å². The normalized spacial score (nSPS) is 20.1.